The summed E-state index contributed by atoms with van der Waals surface area (Å²) in [5.74, 6) is 0.206. The topological polar surface area (TPSA) is 47.6 Å². The largest absolute Gasteiger partial charge is 0.290 e. The van der Waals surface area contributed by atoms with E-state index in [4.69, 9.17) is 10.7 Å². The fourth-order valence-electron chi connectivity index (χ4n) is 0.360. The van der Waals surface area contributed by atoms with Crippen LogP contribution in [0.2, 0.25) is 0 Å². The van der Waals surface area contributed by atoms with Crippen molar-refractivity contribution in [3.05, 3.63) is 12.2 Å². The zero-order chi connectivity index (χ0) is 7.44. The molecule has 0 aliphatic heterocycles. The molecule has 0 aliphatic carbocycles. The van der Waals surface area contributed by atoms with Crippen molar-refractivity contribution in [2.24, 2.45) is 5.92 Å². The van der Waals surface area contributed by atoms with Gasteiger partial charge in [0, 0.05) is 0 Å². The maximum Gasteiger partial charge on any atom is 0.134 e. The lowest BCUT2D eigenvalue weighted by atomic mass is 10.0. The molecular formula is C7H10N2. The lowest BCUT2D eigenvalue weighted by Gasteiger charge is -2.02. The molecule has 0 bridgehead atoms. The van der Waals surface area contributed by atoms with Gasteiger partial charge < -0.3 is 0 Å². The van der Waals surface area contributed by atoms with E-state index >= 15 is 0 Å². The highest BCUT2D eigenvalue weighted by Crippen LogP contribution is 2.06. The minimum atomic E-state index is -0.00926. The molecule has 0 radical (unpaired) electrons. The van der Waals surface area contributed by atoms with E-state index in [9.17, 15) is 0 Å². The van der Waals surface area contributed by atoms with Gasteiger partial charge in [0.15, 0.2) is 0 Å². The SMILES string of the molecule is C=C(C(=N)C#N)C(C)C. The van der Waals surface area contributed by atoms with Crippen LogP contribution in [0.4, 0.5) is 0 Å². The molecule has 0 spiro atoms. The summed E-state index contributed by atoms with van der Waals surface area (Å²) in [6.07, 6.45) is 0. The Bertz CT molecular complexity index is 172. The van der Waals surface area contributed by atoms with Crippen LogP contribution in [0.5, 0.6) is 0 Å². The van der Waals surface area contributed by atoms with Gasteiger partial charge in [-0.15, -0.1) is 0 Å². The number of rotatable bonds is 2. The Morgan fingerprint density at radius 2 is 2.11 bits per heavy atom. The van der Waals surface area contributed by atoms with Gasteiger partial charge in [-0.1, -0.05) is 20.4 Å². The average molecular weight is 122 g/mol. The summed E-state index contributed by atoms with van der Waals surface area (Å²) in [4.78, 5) is 0. The Balaban J connectivity index is 4.10. The molecule has 9 heavy (non-hydrogen) atoms. The number of hydrogen-bond acceptors (Lipinski definition) is 2. The summed E-state index contributed by atoms with van der Waals surface area (Å²) in [7, 11) is 0. The lowest BCUT2D eigenvalue weighted by Crippen LogP contribution is -2.02. The Labute approximate surface area is 55.3 Å². The highest BCUT2D eigenvalue weighted by atomic mass is 14.4. The van der Waals surface area contributed by atoms with Crippen LogP contribution in [0, 0.1) is 22.7 Å². The van der Waals surface area contributed by atoms with Crippen LogP contribution in [0.3, 0.4) is 0 Å². The number of nitrogens with one attached hydrogen (secondary N) is 1. The van der Waals surface area contributed by atoms with Crippen LogP contribution < -0.4 is 0 Å². The standard InChI is InChI=1S/C7H10N2/c1-5(2)6(3)7(9)4-8/h5,9H,3H2,1-2H3. The molecule has 48 valence electrons. The van der Waals surface area contributed by atoms with E-state index in [0.717, 1.165) is 0 Å². The quantitative estimate of drug-likeness (QED) is 0.557. The highest BCUT2D eigenvalue weighted by Gasteiger charge is 2.03. The average Bonchev–Trinajstić information content (AvgIpc) is 1.84. The molecule has 0 aromatic heterocycles. The molecule has 2 heteroatoms. The van der Waals surface area contributed by atoms with E-state index in [1.54, 1.807) is 6.07 Å². The number of hydrogen-bond donors (Lipinski definition) is 1. The third-order valence-corrected chi connectivity index (χ3v) is 1.13. The molecular weight excluding hydrogens is 112 g/mol. The zero-order valence-electron chi connectivity index (χ0n) is 5.73. The van der Waals surface area contributed by atoms with Gasteiger partial charge in [0.05, 0.1) is 0 Å². The first-order valence-corrected chi connectivity index (χ1v) is 2.77. The molecule has 0 aromatic rings. The summed E-state index contributed by atoms with van der Waals surface area (Å²) in [6.45, 7) is 7.40. The predicted octanol–water partition coefficient (Wildman–Crippen LogP) is 1.74. The van der Waals surface area contributed by atoms with E-state index in [2.05, 4.69) is 6.58 Å². The molecule has 0 heterocycles. The summed E-state index contributed by atoms with van der Waals surface area (Å²) in [6, 6.07) is 1.73. The maximum atomic E-state index is 8.22. The summed E-state index contributed by atoms with van der Waals surface area (Å²) >= 11 is 0. The second-order valence-electron chi connectivity index (χ2n) is 2.17. The summed E-state index contributed by atoms with van der Waals surface area (Å²) in [5.41, 5.74) is 0.600. The van der Waals surface area contributed by atoms with Gasteiger partial charge in [-0.05, 0) is 11.5 Å². The van der Waals surface area contributed by atoms with Crippen molar-refractivity contribution in [3.8, 4) is 6.07 Å². The Kier molecular flexibility index (Phi) is 2.66. The second kappa shape index (κ2) is 3.03. The smallest absolute Gasteiger partial charge is 0.134 e. The Hall–Kier alpha value is -1.10. The normalized spacial score (nSPS) is 8.67. The molecule has 0 saturated heterocycles. The zero-order valence-corrected chi connectivity index (χ0v) is 5.73. The van der Waals surface area contributed by atoms with E-state index < -0.39 is 0 Å². The van der Waals surface area contributed by atoms with Gasteiger partial charge in [0.2, 0.25) is 0 Å². The Morgan fingerprint density at radius 3 is 2.22 bits per heavy atom. The fourth-order valence-corrected chi connectivity index (χ4v) is 0.360. The van der Waals surface area contributed by atoms with Crippen molar-refractivity contribution in [1.29, 1.82) is 10.7 Å². The van der Waals surface area contributed by atoms with E-state index in [1.807, 2.05) is 13.8 Å². The molecule has 0 atom stereocenters. The molecule has 0 rings (SSSR count). The van der Waals surface area contributed by atoms with Crippen LogP contribution in [0.1, 0.15) is 13.8 Å². The van der Waals surface area contributed by atoms with Gasteiger partial charge >= 0.3 is 0 Å². The van der Waals surface area contributed by atoms with Crippen molar-refractivity contribution in [1.82, 2.24) is 0 Å². The minimum Gasteiger partial charge on any atom is -0.290 e. The molecule has 1 N–H and O–H groups in total. The van der Waals surface area contributed by atoms with Crippen LogP contribution in [-0.4, -0.2) is 5.71 Å². The summed E-state index contributed by atoms with van der Waals surface area (Å²) in [5, 5.41) is 15.2. The third-order valence-electron chi connectivity index (χ3n) is 1.13. The number of nitriles is 1. The monoisotopic (exact) mass is 122 g/mol. The molecule has 0 aliphatic rings. The molecule has 0 fully saturated rings. The van der Waals surface area contributed by atoms with E-state index in [0.29, 0.717) is 5.57 Å². The lowest BCUT2D eigenvalue weighted by molar-refractivity contribution is 0.806. The van der Waals surface area contributed by atoms with E-state index in [1.165, 1.54) is 0 Å². The number of allylic oxidation sites excluding steroid dienone is 1. The van der Waals surface area contributed by atoms with Crippen LogP contribution >= 0.6 is 0 Å². The van der Waals surface area contributed by atoms with Crippen LogP contribution in [-0.2, 0) is 0 Å². The van der Waals surface area contributed by atoms with Crippen molar-refractivity contribution in [2.45, 2.75) is 13.8 Å². The summed E-state index contributed by atoms with van der Waals surface area (Å²) < 4.78 is 0. The van der Waals surface area contributed by atoms with Crippen molar-refractivity contribution < 1.29 is 0 Å². The first-order chi connectivity index (χ1) is 4.09. The first-order valence-electron chi connectivity index (χ1n) is 2.77. The Morgan fingerprint density at radius 1 is 1.67 bits per heavy atom. The molecule has 0 saturated carbocycles. The van der Waals surface area contributed by atoms with Crippen molar-refractivity contribution in [2.75, 3.05) is 0 Å². The predicted molar refractivity (Wildman–Crippen MR) is 37.3 cm³/mol. The molecule has 2 nitrogen and oxygen atoms in total. The first kappa shape index (κ1) is 7.90. The molecule has 0 amide bonds. The van der Waals surface area contributed by atoms with Crippen molar-refractivity contribution >= 4 is 5.71 Å². The van der Waals surface area contributed by atoms with Crippen LogP contribution in [0.25, 0.3) is 0 Å². The highest BCUT2D eigenvalue weighted by molar-refractivity contribution is 6.08. The second-order valence-corrected chi connectivity index (χ2v) is 2.17. The number of nitrogens with zero attached hydrogens (tertiary/aromatic N) is 1. The maximum absolute atomic E-state index is 8.22. The minimum absolute atomic E-state index is 0.00926. The molecule has 0 aromatic carbocycles. The van der Waals surface area contributed by atoms with Gasteiger partial charge in [0.25, 0.3) is 0 Å². The van der Waals surface area contributed by atoms with Gasteiger partial charge in [0.1, 0.15) is 11.8 Å². The van der Waals surface area contributed by atoms with Gasteiger partial charge in [-0.3, -0.25) is 5.41 Å². The van der Waals surface area contributed by atoms with Gasteiger partial charge in [-0.2, -0.15) is 5.26 Å². The fraction of sp³-hybridized carbons (Fsp3) is 0.429. The molecule has 0 unspecified atom stereocenters. The third kappa shape index (κ3) is 2.09. The van der Waals surface area contributed by atoms with E-state index in [-0.39, 0.29) is 11.6 Å². The van der Waals surface area contributed by atoms with Crippen LogP contribution in [0.15, 0.2) is 12.2 Å². The van der Waals surface area contributed by atoms with Crippen molar-refractivity contribution in [3.63, 3.8) is 0 Å². The van der Waals surface area contributed by atoms with Gasteiger partial charge in [-0.25, -0.2) is 0 Å².